The predicted molar refractivity (Wildman–Crippen MR) is 132 cm³/mol. The zero-order valence-corrected chi connectivity index (χ0v) is 20.4. The molecule has 8 nitrogen and oxygen atoms in total. The van der Waals surface area contributed by atoms with Gasteiger partial charge in [-0.3, -0.25) is 9.48 Å². The minimum Gasteiger partial charge on any atom is -0.493 e. The summed E-state index contributed by atoms with van der Waals surface area (Å²) in [6, 6.07) is 12.5. The van der Waals surface area contributed by atoms with Gasteiger partial charge in [-0.1, -0.05) is 6.42 Å². The molecule has 1 saturated heterocycles. The second kappa shape index (κ2) is 12.0. The van der Waals surface area contributed by atoms with Crippen molar-refractivity contribution in [1.82, 2.24) is 15.1 Å². The fraction of sp³-hybridized carbons (Fsp3) is 0.385. The van der Waals surface area contributed by atoms with Gasteiger partial charge >= 0.3 is 6.36 Å². The van der Waals surface area contributed by atoms with E-state index < -0.39 is 12.3 Å². The number of nitrogens with one attached hydrogen (secondary N) is 2. The van der Waals surface area contributed by atoms with E-state index >= 15 is 0 Å². The number of benzene rings is 2. The number of halogens is 3. The van der Waals surface area contributed by atoms with Crippen LogP contribution in [0, 0.1) is 0 Å². The van der Waals surface area contributed by atoms with Crippen molar-refractivity contribution in [2.45, 2.75) is 38.1 Å². The lowest BCUT2D eigenvalue weighted by atomic mass is 10.0. The van der Waals surface area contributed by atoms with Gasteiger partial charge in [0.1, 0.15) is 17.2 Å². The molecule has 3 aromatic rings. The average Bonchev–Trinajstić information content (AvgIpc) is 3.29. The fourth-order valence-electron chi connectivity index (χ4n) is 4.14. The van der Waals surface area contributed by atoms with E-state index in [9.17, 15) is 18.0 Å². The van der Waals surface area contributed by atoms with Crippen LogP contribution in [0.3, 0.4) is 0 Å². The van der Waals surface area contributed by atoms with E-state index in [-0.39, 0.29) is 18.1 Å². The number of rotatable bonds is 10. The molecule has 37 heavy (non-hydrogen) atoms. The first-order valence-corrected chi connectivity index (χ1v) is 12.0. The van der Waals surface area contributed by atoms with E-state index in [0.29, 0.717) is 24.1 Å². The molecular formula is C26H29F3N4O4. The van der Waals surface area contributed by atoms with Crippen LogP contribution in [-0.2, 0) is 11.8 Å². The largest absolute Gasteiger partial charge is 0.573 e. The number of amides is 1. The van der Waals surface area contributed by atoms with Crippen LogP contribution < -0.4 is 24.8 Å². The van der Waals surface area contributed by atoms with Gasteiger partial charge in [0.25, 0.3) is 5.91 Å². The van der Waals surface area contributed by atoms with E-state index in [0.717, 1.165) is 42.8 Å². The quantitative estimate of drug-likeness (QED) is 0.397. The number of carbonyl (C=O) groups is 1. The summed E-state index contributed by atoms with van der Waals surface area (Å²) in [5, 5.41) is 10.5. The molecule has 198 valence electrons. The van der Waals surface area contributed by atoms with Crippen LogP contribution in [0.5, 0.6) is 17.2 Å². The minimum atomic E-state index is -4.77. The smallest absolute Gasteiger partial charge is 0.493 e. The van der Waals surface area contributed by atoms with Crippen LogP contribution in [0.25, 0.3) is 11.3 Å². The van der Waals surface area contributed by atoms with Crippen LogP contribution in [0.4, 0.5) is 18.9 Å². The van der Waals surface area contributed by atoms with E-state index in [4.69, 9.17) is 9.47 Å². The van der Waals surface area contributed by atoms with Crippen LogP contribution in [0.2, 0.25) is 0 Å². The highest BCUT2D eigenvalue weighted by molar-refractivity contribution is 5.93. The Kier molecular flexibility index (Phi) is 8.54. The van der Waals surface area contributed by atoms with Crippen molar-refractivity contribution < 1.29 is 32.2 Å². The summed E-state index contributed by atoms with van der Waals surface area (Å²) in [5.41, 5.74) is 2.16. The average molecular weight is 519 g/mol. The molecule has 11 heteroatoms. The number of alkyl halides is 3. The number of aryl methyl sites for hydroxylation is 1. The summed E-state index contributed by atoms with van der Waals surface area (Å²) in [7, 11) is 1.83. The Morgan fingerprint density at radius 1 is 1.11 bits per heavy atom. The third kappa shape index (κ3) is 7.88. The molecule has 2 N–H and O–H groups in total. The van der Waals surface area contributed by atoms with Gasteiger partial charge in [0.05, 0.1) is 12.3 Å². The van der Waals surface area contributed by atoms with Gasteiger partial charge in [-0.2, -0.15) is 5.10 Å². The standard InChI is InChI=1S/C26H29F3N4O4/c1-33-23(11-14-31-33)22-16-19(5-10-24(22)35-15-12-18-4-2-3-13-30-18)32-25(34)17-36-20-6-8-21(9-7-20)37-26(27,28)29/h5-11,14,16,18,30H,2-4,12-13,15,17H2,1H3,(H,32,34). The Bertz CT molecular complexity index is 1180. The molecular weight excluding hydrogens is 489 g/mol. The summed E-state index contributed by atoms with van der Waals surface area (Å²) in [5.74, 6) is 0.124. The van der Waals surface area contributed by atoms with Crippen LogP contribution >= 0.6 is 0 Å². The summed E-state index contributed by atoms with van der Waals surface area (Å²) in [6.45, 7) is 1.28. The molecule has 2 aromatic carbocycles. The lowest BCUT2D eigenvalue weighted by molar-refractivity contribution is -0.274. The lowest BCUT2D eigenvalue weighted by Gasteiger charge is -2.23. The van der Waals surface area contributed by atoms with Gasteiger partial charge in [-0.25, -0.2) is 0 Å². The minimum absolute atomic E-state index is 0.233. The SMILES string of the molecule is Cn1nccc1-c1cc(NC(=O)COc2ccc(OC(F)(F)F)cc2)ccc1OCCC1CCCCN1. The van der Waals surface area contributed by atoms with Gasteiger partial charge in [-0.05, 0) is 74.3 Å². The third-order valence-corrected chi connectivity index (χ3v) is 5.92. The maximum Gasteiger partial charge on any atom is 0.573 e. The molecule has 1 amide bonds. The summed E-state index contributed by atoms with van der Waals surface area (Å²) in [6.07, 6.45) is 1.41. The highest BCUT2D eigenvalue weighted by Gasteiger charge is 2.31. The summed E-state index contributed by atoms with van der Waals surface area (Å²) >= 11 is 0. The molecule has 1 aromatic heterocycles. The van der Waals surface area contributed by atoms with Gasteiger partial charge in [0.15, 0.2) is 6.61 Å². The third-order valence-electron chi connectivity index (χ3n) is 5.92. The molecule has 0 saturated carbocycles. The number of hydrogen-bond donors (Lipinski definition) is 2. The molecule has 1 aliphatic rings. The number of hydrogen-bond acceptors (Lipinski definition) is 6. The zero-order valence-electron chi connectivity index (χ0n) is 20.4. The van der Waals surface area contributed by atoms with E-state index in [1.54, 1.807) is 16.9 Å². The Morgan fingerprint density at radius 2 is 1.89 bits per heavy atom. The van der Waals surface area contributed by atoms with Gasteiger partial charge in [-0.15, -0.1) is 13.2 Å². The highest BCUT2D eigenvalue weighted by Crippen LogP contribution is 2.33. The summed E-state index contributed by atoms with van der Waals surface area (Å²) < 4.78 is 53.9. The van der Waals surface area contributed by atoms with Crippen molar-refractivity contribution in [3.05, 3.63) is 54.7 Å². The summed E-state index contributed by atoms with van der Waals surface area (Å²) in [4.78, 5) is 12.5. The van der Waals surface area contributed by atoms with Crippen molar-refractivity contribution in [2.24, 2.45) is 7.05 Å². The van der Waals surface area contributed by atoms with Crippen molar-refractivity contribution in [3.63, 3.8) is 0 Å². The van der Waals surface area contributed by atoms with Crippen molar-refractivity contribution in [3.8, 4) is 28.5 Å². The maximum atomic E-state index is 12.5. The van der Waals surface area contributed by atoms with Crippen molar-refractivity contribution >= 4 is 11.6 Å². The van der Waals surface area contributed by atoms with Gasteiger partial charge in [0, 0.05) is 30.5 Å². The number of anilines is 1. The number of carbonyl (C=O) groups excluding carboxylic acids is 1. The Hall–Kier alpha value is -3.73. The molecule has 1 aliphatic heterocycles. The van der Waals surface area contributed by atoms with Crippen molar-refractivity contribution in [1.29, 1.82) is 0 Å². The molecule has 1 fully saturated rings. The second-order valence-electron chi connectivity index (χ2n) is 8.69. The molecule has 4 rings (SSSR count). The number of ether oxygens (including phenoxy) is 3. The van der Waals surface area contributed by atoms with E-state index in [1.807, 2.05) is 25.2 Å². The monoisotopic (exact) mass is 518 g/mol. The van der Waals surface area contributed by atoms with Gasteiger partial charge in [0.2, 0.25) is 0 Å². The van der Waals surface area contributed by atoms with Crippen LogP contribution in [-0.4, -0.2) is 47.9 Å². The molecule has 0 spiro atoms. The normalized spacial score (nSPS) is 15.7. The molecule has 0 radical (unpaired) electrons. The predicted octanol–water partition coefficient (Wildman–Crippen LogP) is 4.91. The lowest BCUT2D eigenvalue weighted by Crippen LogP contribution is -2.35. The van der Waals surface area contributed by atoms with Crippen LogP contribution in [0.1, 0.15) is 25.7 Å². The first kappa shape index (κ1) is 26.3. The molecule has 1 unspecified atom stereocenters. The topological polar surface area (TPSA) is 86.6 Å². The van der Waals surface area contributed by atoms with Crippen molar-refractivity contribution in [2.75, 3.05) is 25.1 Å². The number of piperidine rings is 1. The van der Waals surface area contributed by atoms with Gasteiger partial charge < -0.3 is 24.8 Å². The van der Waals surface area contributed by atoms with Crippen LogP contribution in [0.15, 0.2) is 54.7 Å². The first-order chi connectivity index (χ1) is 17.8. The highest BCUT2D eigenvalue weighted by atomic mass is 19.4. The zero-order chi connectivity index (χ0) is 26.3. The Morgan fingerprint density at radius 3 is 2.57 bits per heavy atom. The molecule has 1 atom stereocenters. The fourth-order valence-corrected chi connectivity index (χ4v) is 4.14. The second-order valence-corrected chi connectivity index (χ2v) is 8.69. The first-order valence-electron chi connectivity index (χ1n) is 12.0. The van der Waals surface area contributed by atoms with E-state index in [1.165, 1.54) is 25.0 Å². The molecule has 0 bridgehead atoms. The molecule has 2 heterocycles. The Balaban J connectivity index is 1.36. The van der Waals surface area contributed by atoms with E-state index in [2.05, 4.69) is 20.5 Å². The maximum absolute atomic E-state index is 12.5. The Labute approximate surface area is 212 Å². The number of aromatic nitrogens is 2. The molecule has 0 aliphatic carbocycles. The number of nitrogens with zero attached hydrogens (tertiary/aromatic N) is 2.